The van der Waals surface area contributed by atoms with Gasteiger partial charge in [-0.2, -0.15) is 0 Å². The molecule has 2 heterocycles. The van der Waals surface area contributed by atoms with Crippen LogP contribution in [0.1, 0.15) is 25.8 Å². The van der Waals surface area contributed by atoms with Gasteiger partial charge in [0.25, 0.3) is 0 Å². The second-order valence-electron chi connectivity index (χ2n) is 5.53. The van der Waals surface area contributed by atoms with Crippen molar-refractivity contribution in [1.29, 1.82) is 0 Å². The lowest BCUT2D eigenvalue weighted by atomic mass is 10.0. The predicted molar refractivity (Wildman–Crippen MR) is 78.5 cm³/mol. The molecule has 4 heteroatoms. The highest BCUT2D eigenvalue weighted by Gasteiger charge is 2.19. The Morgan fingerprint density at radius 2 is 2.33 bits per heavy atom. The van der Waals surface area contributed by atoms with Crippen molar-refractivity contribution in [1.82, 2.24) is 15.2 Å². The van der Waals surface area contributed by atoms with Gasteiger partial charge in [0.1, 0.15) is 0 Å². The molecule has 1 atom stereocenters. The van der Waals surface area contributed by atoms with Crippen LogP contribution in [-0.4, -0.2) is 35.6 Å². The smallest absolute Gasteiger partial charge is 0.0410 e. The standard InChI is InChI=1S/C14H22BrN3/c1-11(2)5-14-10-18(4-3-17-14)9-12-6-13(15)8-16-7-12/h6-8,11,14,17H,3-5,9-10H2,1-2H3. The van der Waals surface area contributed by atoms with Crippen LogP contribution in [0.3, 0.4) is 0 Å². The Bertz CT molecular complexity index is 381. The molecule has 0 saturated carbocycles. The molecule has 0 bridgehead atoms. The van der Waals surface area contributed by atoms with Crippen LogP contribution in [0.5, 0.6) is 0 Å². The summed E-state index contributed by atoms with van der Waals surface area (Å²) in [4.78, 5) is 6.75. The van der Waals surface area contributed by atoms with Crippen molar-refractivity contribution in [3.63, 3.8) is 0 Å². The van der Waals surface area contributed by atoms with Crippen molar-refractivity contribution in [3.8, 4) is 0 Å². The van der Waals surface area contributed by atoms with Crippen molar-refractivity contribution in [2.24, 2.45) is 5.92 Å². The Kier molecular flexibility index (Phi) is 5.15. The van der Waals surface area contributed by atoms with Gasteiger partial charge in [-0.15, -0.1) is 0 Å². The maximum absolute atomic E-state index is 4.23. The summed E-state index contributed by atoms with van der Waals surface area (Å²) >= 11 is 3.48. The number of rotatable bonds is 4. The molecule has 0 spiro atoms. The number of piperazine rings is 1. The number of hydrogen-bond acceptors (Lipinski definition) is 3. The van der Waals surface area contributed by atoms with E-state index in [9.17, 15) is 0 Å². The van der Waals surface area contributed by atoms with Crippen LogP contribution in [0, 0.1) is 5.92 Å². The molecule has 1 fully saturated rings. The van der Waals surface area contributed by atoms with Gasteiger partial charge < -0.3 is 5.32 Å². The third-order valence-electron chi connectivity index (χ3n) is 3.26. The molecule has 0 aromatic carbocycles. The van der Waals surface area contributed by atoms with E-state index in [-0.39, 0.29) is 0 Å². The summed E-state index contributed by atoms with van der Waals surface area (Å²) in [6, 6.07) is 2.80. The Balaban J connectivity index is 1.89. The zero-order valence-electron chi connectivity index (χ0n) is 11.2. The lowest BCUT2D eigenvalue weighted by Crippen LogP contribution is -2.50. The molecule has 0 amide bonds. The normalized spacial score (nSPS) is 21.4. The van der Waals surface area contributed by atoms with Gasteiger partial charge in [-0.25, -0.2) is 0 Å². The molecule has 1 aliphatic heterocycles. The fourth-order valence-corrected chi connectivity index (χ4v) is 2.98. The highest BCUT2D eigenvalue weighted by molar-refractivity contribution is 9.10. The van der Waals surface area contributed by atoms with Gasteiger partial charge in [0.15, 0.2) is 0 Å². The average molecular weight is 312 g/mol. The molecule has 18 heavy (non-hydrogen) atoms. The Hall–Kier alpha value is -0.450. The first-order valence-corrected chi connectivity index (χ1v) is 7.48. The highest BCUT2D eigenvalue weighted by Crippen LogP contribution is 2.14. The second kappa shape index (κ2) is 6.64. The van der Waals surface area contributed by atoms with Gasteiger partial charge in [0.05, 0.1) is 0 Å². The summed E-state index contributed by atoms with van der Waals surface area (Å²) in [6.45, 7) is 8.95. The van der Waals surface area contributed by atoms with Crippen LogP contribution >= 0.6 is 15.9 Å². The lowest BCUT2D eigenvalue weighted by molar-refractivity contribution is 0.179. The fraction of sp³-hybridized carbons (Fsp3) is 0.643. The molecule has 1 N–H and O–H groups in total. The number of nitrogens with one attached hydrogen (secondary N) is 1. The minimum atomic E-state index is 0.638. The van der Waals surface area contributed by atoms with Crippen molar-refractivity contribution in [2.75, 3.05) is 19.6 Å². The third kappa shape index (κ3) is 4.34. The molecule has 1 saturated heterocycles. The summed E-state index contributed by atoms with van der Waals surface area (Å²) in [7, 11) is 0. The Morgan fingerprint density at radius 3 is 3.06 bits per heavy atom. The molecule has 0 radical (unpaired) electrons. The molecular weight excluding hydrogens is 290 g/mol. The van der Waals surface area contributed by atoms with E-state index in [0.29, 0.717) is 6.04 Å². The van der Waals surface area contributed by atoms with Gasteiger partial charge in [-0.1, -0.05) is 13.8 Å². The highest BCUT2D eigenvalue weighted by atomic mass is 79.9. The summed E-state index contributed by atoms with van der Waals surface area (Å²) in [5, 5.41) is 3.61. The van der Waals surface area contributed by atoms with Gasteiger partial charge in [-0.05, 0) is 39.9 Å². The first-order chi connectivity index (χ1) is 8.63. The average Bonchev–Trinajstić information content (AvgIpc) is 2.28. The van der Waals surface area contributed by atoms with Crippen LogP contribution in [-0.2, 0) is 6.54 Å². The van der Waals surface area contributed by atoms with E-state index in [4.69, 9.17) is 0 Å². The quantitative estimate of drug-likeness (QED) is 0.926. The van der Waals surface area contributed by atoms with E-state index in [2.05, 4.69) is 51.0 Å². The molecule has 1 aliphatic rings. The minimum absolute atomic E-state index is 0.638. The molecule has 2 rings (SSSR count). The summed E-state index contributed by atoms with van der Waals surface area (Å²) in [6.07, 6.45) is 5.06. The zero-order chi connectivity index (χ0) is 13.0. The van der Waals surface area contributed by atoms with Crippen LogP contribution in [0.2, 0.25) is 0 Å². The largest absolute Gasteiger partial charge is 0.311 e. The van der Waals surface area contributed by atoms with E-state index < -0.39 is 0 Å². The van der Waals surface area contributed by atoms with Crippen LogP contribution in [0.4, 0.5) is 0 Å². The van der Waals surface area contributed by atoms with E-state index in [1.54, 1.807) is 0 Å². The summed E-state index contributed by atoms with van der Waals surface area (Å²) in [5.74, 6) is 0.759. The zero-order valence-corrected chi connectivity index (χ0v) is 12.8. The van der Waals surface area contributed by atoms with E-state index in [1.807, 2.05) is 12.4 Å². The second-order valence-corrected chi connectivity index (χ2v) is 6.44. The van der Waals surface area contributed by atoms with E-state index in [1.165, 1.54) is 12.0 Å². The fourth-order valence-electron chi connectivity index (χ4n) is 2.57. The summed E-state index contributed by atoms with van der Waals surface area (Å²) < 4.78 is 1.06. The minimum Gasteiger partial charge on any atom is -0.311 e. The monoisotopic (exact) mass is 311 g/mol. The van der Waals surface area contributed by atoms with Crippen molar-refractivity contribution in [3.05, 3.63) is 28.5 Å². The maximum atomic E-state index is 4.23. The van der Waals surface area contributed by atoms with Gasteiger partial charge in [0.2, 0.25) is 0 Å². The molecule has 1 unspecified atom stereocenters. The van der Waals surface area contributed by atoms with Crippen LogP contribution in [0.25, 0.3) is 0 Å². The molecule has 1 aromatic heterocycles. The maximum Gasteiger partial charge on any atom is 0.0410 e. The van der Waals surface area contributed by atoms with Gasteiger partial charge in [-0.3, -0.25) is 9.88 Å². The third-order valence-corrected chi connectivity index (χ3v) is 3.70. The molecule has 100 valence electrons. The van der Waals surface area contributed by atoms with Crippen LogP contribution in [0.15, 0.2) is 22.9 Å². The number of aromatic nitrogens is 1. The van der Waals surface area contributed by atoms with Crippen molar-refractivity contribution in [2.45, 2.75) is 32.9 Å². The number of hydrogen-bond donors (Lipinski definition) is 1. The number of nitrogens with zero attached hydrogens (tertiary/aromatic N) is 2. The van der Waals surface area contributed by atoms with Gasteiger partial charge >= 0.3 is 0 Å². The molecule has 3 nitrogen and oxygen atoms in total. The van der Waals surface area contributed by atoms with Gasteiger partial charge in [0, 0.05) is 49.1 Å². The first kappa shape index (κ1) is 14.0. The Labute approximate surface area is 118 Å². The SMILES string of the molecule is CC(C)CC1CN(Cc2cncc(Br)c2)CCN1. The van der Waals surface area contributed by atoms with E-state index in [0.717, 1.165) is 36.6 Å². The Morgan fingerprint density at radius 1 is 1.50 bits per heavy atom. The molecule has 0 aliphatic carbocycles. The molecule has 1 aromatic rings. The number of pyridine rings is 1. The van der Waals surface area contributed by atoms with Crippen molar-refractivity contribution < 1.29 is 0 Å². The molecular formula is C14H22BrN3. The topological polar surface area (TPSA) is 28.2 Å². The summed E-state index contributed by atoms with van der Waals surface area (Å²) in [5.41, 5.74) is 1.29. The van der Waals surface area contributed by atoms with Crippen molar-refractivity contribution >= 4 is 15.9 Å². The first-order valence-electron chi connectivity index (χ1n) is 6.68. The van der Waals surface area contributed by atoms with E-state index >= 15 is 0 Å². The van der Waals surface area contributed by atoms with Crippen LogP contribution < -0.4 is 5.32 Å². The predicted octanol–water partition coefficient (Wildman–Crippen LogP) is 2.66. The number of halogens is 1. The lowest BCUT2D eigenvalue weighted by Gasteiger charge is -2.34.